The first-order valence-electron chi connectivity index (χ1n) is 10.6. The van der Waals surface area contributed by atoms with Gasteiger partial charge in [0.2, 0.25) is 5.95 Å². The second-order valence-electron chi connectivity index (χ2n) is 8.82. The normalized spacial score (nSPS) is 15.2. The van der Waals surface area contributed by atoms with Gasteiger partial charge in [-0.2, -0.15) is 10.1 Å². The number of rotatable bonds is 7. The van der Waals surface area contributed by atoms with Crippen LogP contribution < -0.4 is 10.6 Å². The van der Waals surface area contributed by atoms with E-state index in [1.807, 2.05) is 12.3 Å². The predicted octanol–water partition coefficient (Wildman–Crippen LogP) is 4.70. The van der Waals surface area contributed by atoms with Gasteiger partial charge in [0.25, 0.3) is 0 Å². The van der Waals surface area contributed by atoms with E-state index in [2.05, 4.69) is 67.0 Å². The van der Waals surface area contributed by atoms with Crippen LogP contribution in [0, 0.1) is 0 Å². The summed E-state index contributed by atoms with van der Waals surface area (Å²) in [6.07, 6.45) is 4.35. The summed E-state index contributed by atoms with van der Waals surface area (Å²) >= 11 is 0. The number of benzene rings is 1. The summed E-state index contributed by atoms with van der Waals surface area (Å²) < 4.78 is 0. The third-order valence-corrected chi connectivity index (χ3v) is 5.65. The lowest BCUT2D eigenvalue weighted by Gasteiger charge is -2.20. The standard InChI is InChI=1S/C23H27N7O/c1-13(15-6-7-17-16(10-15)8-9-24-17)25-22-26-19(23(2,3)31)12-20(28-22)27-21-11-18(29-30-21)14-4-5-14/h6-14,24,31H,4-5H2,1-3H3,(H3,25,26,27,28,29,30)/t13-/m0/s1. The highest BCUT2D eigenvalue weighted by molar-refractivity contribution is 5.80. The molecule has 1 atom stereocenters. The molecule has 0 saturated heterocycles. The van der Waals surface area contributed by atoms with Crippen LogP contribution in [0.5, 0.6) is 0 Å². The number of aromatic nitrogens is 5. The second kappa shape index (κ2) is 7.39. The Labute approximate surface area is 180 Å². The quantitative estimate of drug-likeness (QED) is 0.298. The maximum atomic E-state index is 10.6. The molecule has 5 rings (SSSR count). The minimum atomic E-state index is -1.10. The highest BCUT2D eigenvalue weighted by Crippen LogP contribution is 2.39. The average molecular weight is 418 g/mol. The van der Waals surface area contributed by atoms with Crippen molar-refractivity contribution in [1.29, 1.82) is 0 Å². The lowest BCUT2D eigenvalue weighted by molar-refractivity contribution is 0.0739. The lowest BCUT2D eigenvalue weighted by Crippen LogP contribution is -2.20. The molecule has 8 heteroatoms. The highest BCUT2D eigenvalue weighted by Gasteiger charge is 2.26. The Morgan fingerprint density at radius 3 is 2.71 bits per heavy atom. The average Bonchev–Trinajstić information content (AvgIpc) is 3.28. The molecule has 1 saturated carbocycles. The SMILES string of the molecule is C[C@H](Nc1nc(Nc2cc(C3CC3)[nH]n2)cc(C(C)(C)O)n1)c1ccc2[nH]ccc2c1. The first-order chi connectivity index (χ1) is 14.8. The first kappa shape index (κ1) is 19.6. The summed E-state index contributed by atoms with van der Waals surface area (Å²) in [4.78, 5) is 12.4. The minimum absolute atomic E-state index is 0.0175. The van der Waals surface area contributed by atoms with Crippen LogP contribution in [-0.2, 0) is 5.60 Å². The molecule has 0 aliphatic heterocycles. The van der Waals surface area contributed by atoms with Crippen molar-refractivity contribution in [2.75, 3.05) is 10.6 Å². The molecule has 1 aromatic carbocycles. The molecule has 4 aromatic rings. The minimum Gasteiger partial charge on any atom is -0.384 e. The summed E-state index contributed by atoms with van der Waals surface area (Å²) in [6, 6.07) is 12.1. The number of H-pyrrole nitrogens is 2. The third-order valence-electron chi connectivity index (χ3n) is 5.65. The van der Waals surface area contributed by atoms with Crippen LogP contribution in [0.25, 0.3) is 10.9 Å². The molecular formula is C23H27N7O. The Morgan fingerprint density at radius 1 is 1.10 bits per heavy atom. The van der Waals surface area contributed by atoms with Gasteiger partial charge >= 0.3 is 0 Å². The van der Waals surface area contributed by atoms with Gasteiger partial charge in [0.15, 0.2) is 5.82 Å². The number of nitrogens with zero attached hydrogens (tertiary/aromatic N) is 3. The summed E-state index contributed by atoms with van der Waals surface area (Å²) in [6.45, 7) is 5.49. The maximum Gasteiger partial charge on any atom is 0.225 e. The fourth-order valence-corrected chi connectivity index (χ4v) is 3.64. The number of hydrogen-bond acceptors (Lipinski definition) is 6. The number of nitrogens with one attached hydrogen (secondary N) is 4. The van der Waals surface area contributed by atoms with E-state index in [1.54, 1.807) is 19.9 Å². The molecule has 1 fully saturated rings. The van der Waals surface area contributed by atoms with Gasteiger partial charge in [0.05, 0.1) is 11.7 Å². The van der Waals surface area contributed by atoms with Crippen molar-refractivity contribution in [2.45, 2.75) is 51.2 Å². The monoisotopic (exact) mass is 417 g/mol. The number of fused-ring (bicyclic) bond motifs is 1. The molecule has 0 spiro atoms. The topological polar surface area (TPSA) is 115 Å². The molecule has 0 bridgehead atoms. The van der Waals surface area contributed by atoms with E-state index in [0.29, 0.717) is 29.2 Å². The van der Waals surface area contributed by atoms with Gasteiger partial charge in [0, 0.05) is 35.5 Å². The third kappa shape index (κ3) is 4.25. The molecular weight excluding hydrogens is 390 g/mol. The van der Waals surface area contributed by atoms with Crippen LogP contribution in [0.4, 0.5) is 17.6 Å². The molecule has 160 valence electrons. The van der Waals surface area contributed by atoms with Crippen LogP contribution in [-0.4, -0.2) is 30.3 Å². The molecule has 31 heavy (non-hydrogen) atoms. The van der Waals surface area contributed by atoms with Gasteiger partial charge in [-0.1, -0.05) is 6.07 Å². The molecule has 0 amide bonds. The van der Waals surface area contributed by atoms with Crippen molar-refractivity contribution in [3.63, 3.8) is 0 Å². The highest BCUT2D eigenvalue weighted by atomic mass is 16.3. The molecule has 1 aliphatic rings. The molecule has 0 radical (unpaired) electrons. The van der Waals surface area contributed by atoms with Crippen molar-refractivity contribution in [3.05, 3.63) is 59.5 Å². The summed E-state index contributed by atoms with van der Waals surface area (Å²) in [5, 5.41) is 25.8. The van der Waals surface area contributed by atoms with Crippen LogP contribution >= 0.6 is 0 Å². The van der Waals surface area contributed by atoms with E-state index >= 15 is 0 Å². The van der Waals surface area contributed by atoms with E-state index in [1.165, 1.54) is 12.8 Å². The summed E-state index contributed by atoms with van der Waals surface area (Å²) in [5.41, 5.74) is 2.80. The maximum absolute atomic E-state index is 10.6. The second-order valence-corrected chi connectivity index (χ2v) is 8.82. The molecule has 3 aromatic heterocycles. The zero-order valence-corrected chi connectivity index (χ0v) is 17.9. The van der Waals surface area contributed by atoms with Crippen LogP contribution in [0.2, 0.25) is 0 Å². The van der Waals surface area contributed by atoms with Crippen molar-refractivity contribution in [2.24, 2.45) is 0 Å². The zero-order valence-electron chi connectivity index (χ0n) is 17.9. The van der Waals surface area contributed by atoms with E-state index in [4.69, 9.17) is 0 Å². The summed E-state index contributed by atoms with van der Waals surface area (Å²) in [5.74, 6) is 2.33. The van der Waals surface area contributed by atoms with E-state index < -0.39 is 5.60 Å². The fourth-order valence-electron chi connectivity index (χ4n) is 3.64. The molecule has 5 N–H and O–H groups in total. The number of anilines is 3. The number of hydrogen-bond donors (Lipinski definition) is 5. The van der Waals surface area contributed by atoms with Crippen molar-refractivity contribution < 1.29 is 5.11 Å². The van der Waals surface area contributed by atoms with Crippen molar-refractivity contribution >= 4 is 28.5 Å². The first-order valence-corrected chi connectivity index (χ1v) is 10.6. The van der Waals surface area contributed by atoms with Gasteiger partial charge in [0.1, 0.15) is 11.4 Å². The van der Waals surface area contributed by atoms with E-state index in [9.17, 15) is 5.11 Å². The zero-order chi connectivity index (χ0) is 21.6. The Balaban J connectivity index is 1.41. The largest absolute Gasteiger partial charge is 0.384 e. The van der Waals surface area contributed by atoms with Crippen LogP contribution in [0.1, 0.15) is 62.5 Å². The molecule has 0 unspecified atom stereocenters. The van der Waals surface area contributed by atoms with Gasteiger partial charge in [-0.05, 0) is 62.8 Å². The molecule has 1 aliphatic carbocycles. The van der Waals surface area contributed by atoms with E-state index in [-0.39, 0.29) is 6.04 Å². The van der Waals surface area contributed by atoms with Gasteiger partial charge in [-0.15, -0.1) is 0 Å². The Kier molecular flexibility index (Phi) is 4.66. The van der Waals surface area contributed by atoms with Crippen molar-refractivity contribution in [3.8, 4) is 0 Å². The van der Waals surface area contributed by atoms with Gasteiger partial charge in [-0.25, -0.2) is 4.98 Å². The van der Waals surface area contributed by atoms with Crippen molar-refractivity contribution in [1.82, 2.24) is 25.1 Å². The fraction of sp³-hybridized carbons (Fsp3) is 0.348. The number of aliphatic hydroxyl groups is 1. The van der Waals surface area contributed by atoms with Gasteiger partial charge in [-0.3, -0.25) is 5.10 Å². The Hall–Kier alpha value is -3.39. The van der Waals surface area contributed by atoms with Crippen LogP contribution in [0.3, 0.4) is 0 Å². The Bertz CT molecular complexity index is 1220. The molecule has 8 nitrogen and oxygen atoms in total. The Morgan fingerprint density at radius 2 is 1.94 bits per heavy atom. The molecule has 3 heterocycles. The smallest absolute Gasteiger partial charge is 0.225 e. The lowest BCUT2D eigenvalue weighted by atomic mass is 10.1. The van der Waals surface area contributed by atoms with Crippen LogP contribution in [0.15, 0.2) is 42.6 Å². The van der Waals surface area contributed by atoms with E-state index in [0.717, 1.165) is 22.2 Å². The van der Waals surface area contributed by atoms with Gasteiger partial charge < -0.3 is 20.7 Å². The predicted molar refractivity (Wildman–Crippen MR) is 121 cm³/mol. The number of aromatic amines is 2. The summed E-state index contributed by atoms with van der Waals surface area (Å²) in [7, 11) is 0.